The number of piperidine rings is 1. The van der Waals surface area contributed by atoms with Crippen LogP contribution >= 0.6 is 0 Å². The summed E-state index contributed by atoms with van der Waals surface area (Å²) in [6, 6.07) is -0.776. The average molecular weight is 228 g/mol. The molecular formula is C11H20N2O3. The molecule has 0 aromatic heterocycles. The average Bonchev–Trinajstić information content (AvgIpc) is 2.25. The van der Waals surface area contributed by atoms with E-state index in [2.05, 4.69) is 10.6 Å². The zero-order chi connectivity index (χ0) is 12.1. The summed E-state index contributed by atoms with van der Waals surface area (Å²) in [6.07, 6.45) is 1.58. The summed E-state index contributed by atoms with van der Waals surface area (Å²) < 4.78 is 0. The van der Waals surface area contributed by atoms with Crippen molar-refractivity contribution >= 4 is 11.9 Å². The van der Waals surface area contributed by atoms with Crippen molar-refractivity contribution in [1.29, 1.82) is 0 Å². The van der Waals surface area contributed by atoms with Crippen molar-refractivity contribution < 1.29 is 14.7 Å². The first-order valence-electron chi connectivity index (χ1n) is 5.76. The highest BCUT2D eigenvalue weighted by Crippen LogP contribution is 2.13. The maximum absolute atomic E-state index is 11.8. The van der Waals surface area contributed by atoms with Gasteiger partial charge in [0.1, 0.15) is 6.04 Å². The number of hydrogen-bond donors (Lipinski definition) is 3. The van der Waals surface area contributed by atoms with Gasteiger partial charge in [-0.25, -0.2) is 4.79 Å². The van der Waals surface area contributed by atoms with Gasteiger partial charge in [-0.05, 0) is 31.8 Å². The molecule has 1 aliphatic rings. The molecule has 0 aliphatic carbocycles. The van der Waals surface area contributed by atoms with E-state index in [0.29, 0.717) is 0 Å². The van der Waals surface area contributed by atoms with E-state index in [4.69, 9.17) is 5.11 Å². The molecule has 1 atom stereocenters. The Morgan fingerprint density at radius 2 is 1.88 bits per heavy atom. The maximum Gasteiger partial charge on any atom is 0.326 e. The minimum absolute atomic E-state index is 0.0400. The first-order chi connectivity index (χ1) is 7.52. The molecule has 0 aromatic rings. The van der Waals surface area contributed by atoms with E-state index in [1.807, 2.05) is 0 Å². The molecular weight excluding hydrogens is 208 g/mol. The fourth-order valence-electron chi connectivity index (χ4n) is 1.87. The van der Waals surface area contributed by atoms with E-state index < -0.39 is 12.0 Å². The van der Waals surface area contributed by atoms with Crippen molar-refractivity contribution in [2.75, 3.05) is 13.1 Å². The van der Waals surface area contributed by atoms with Crippen molar-refractivity contribution in [3.05, 3.63) is 0 Å². The minimum Gasteiger partial charge on any atom is -0.480 e. The Bertz CT molecular complexity index is 260. The van der Waals surface area contributed by atoms with Gasteiger partial charge in [0.05, 0.1) is 0 Å². The zero-order valence-corrected chi connectivity index (χ0v) is 9.82. The van der Waals surface area contributed by atoms with Crippen LogP contribution in [-0.4, -0.2) is 36.1 Å². The molecule has 1 fully saturated rings. The molecule has 1 rings (SSSR count). The second-order valence-electron chi connectivity index (χ2n) is 4.59. The third-order valence-corrected chi connectivity index (χ3v) is 2.94. The Balaban J connectivity index is 2.50. The van der Waals surface area contributed by atoms with E-state index >= 15 is 0 Å². The van der Waals surface area contributed by atoms with Gasteiger partial charge >= 0.3 is 5.97 Å². The Hall–Kier alpha value is -1.10. The molecule has 0 radical (unpaired) electrons. The predicted octanol–water partition coefficient (Wildman–Crippen LogP) is 0.211. The number of hydrogen-bond acceptors (Lipinski definition) is 3. The number of aliphatic carboxylic acids is 1. The van der Waals surface area contributed by atoms with Crippen molar-refractivity contribution in [1.82, 2.24) is 10.6 Å². The Labute approximate surface area is 95.6 Å². The van der Waals surface area contributed by atoms with Crippen molar-refractivity contribution in [2.24, 2.45) is 11.8 Å². The number of carbonyl (C=O) groups excluding carboxylic acids is 1. The highest BCUT2D eigenvalue weighted by molar-refractivity contribution is 5.85. The first-order valence-corrected chi connectivity index (χ1v) is 5.76. The van der Waals surface area contributed by atoms with Crippen LogP contribution in [0.15, 0.2) is 0 Å². The topological polar surface area (TPSA) is 78.4 Å². The van der Waals surface area contributed by atoms with Crippen LogP contribution in [0, 0.1) is 11.8 Å². The molecule has 16 heavy (non-hydrogen) atoms. The minimum atomic E-state index is -0.961. The summed E-state index contributed by atoms with van der Waals surface area (Å²) in [7, 11) is 0. The number of carboxylic acids is 1. The van der Waals surface area contributed by atoms with Crippen LogP contribution in [0.5, 0.6) is 0 Å². The van der Waals surface area contributed by atoms with Crippen LogP contribution in [0.4, 0.5) is 0 Å². The molecule has 1 amide bonds. The number of carboxylic acid groups (broad SMARTS) is 1. The summed E-state index contributed by atoms with van der Waals surface area (Å²) in [5.74, 6) is -1.22. The molecule has 0 aromatic carbocycles. The first kappa shape index (κ1) is 13.0. The van der Waals surface area contributed by atoms with Gasteiger partial charge in [0.15, 0.2) is 0 Å². The van der Waals surface area contributed by atoms with Crippen LogP contribution in [-0.2, 0) is 9.59 Å². The van der Waals surface area contributed by atoms with Crippen LogP contribution in [0.3, 0.4) is 0 Å². The van der Waals surface area contributed by atoms with Crippen molar-refractivity contribution in [3.8, 4) is 0 Å². The smallest absolute Gasteiger partial charge is 0.326 e. The quantitative estimate of drug-likeness (QED) is 0.643. The summed E-state index contributed by atoms with van der Waals surface area (Å²) in [5.41, 5.74) is 0. The molecule has 1 unspecified atom stereocenters. The van der Waals surface area contributed by atoms with E-state index in [1.54, 1.807) is 13.8 Å². The standard InChI is InChI=1S/C11H20N2O3/c1-7(2)9(11(15)16)13-10(14)8-3-5-12-6-4-8/h7-9,12H,3-6H2,1-2H3,(H,13,14)(H,15,16). The number of rotatable bonds is 4. The second-order valence-corrected chi connectivity index (χ2v) is 4.59. The lowest BCUT2D eigenvalue weighted by molar-refractivity contribution is -0.143. The summed E-state index contributed by atoms with van der Waals surface area (Å²) in [6.45, 7) is 5.25. The van der Waals surface area contributed by atoms with Gasteiger partial charge < -0.3 is 15.7 Å². The summed E-state index contributed by atoms with van der Waals surface area (Å²) >= 11 is 0. The molecule has 1 heterocycles. The fourth-order valence-corrected chi connectivity index (χ4v) is 1.87. The van der Waals surface area contributed by atoms with Crippen molar-refractivity contribution in [2.45, 2.75) is 32.7 Å². The van der Waals surface area contributed by atoms with Crippen LogP contribution in [0.25, 0.3) is 0 Å². The molecule has 1 aliphatic heterocycles. The Morgan fingerprint density at radius 1 is 1.31 bits per heavy atom. The predicted molar refractivity (Wildman–Crippen MR) is 60.0 cm³/mol. The van der Waals surface area contributed by atoms with Crippen LogP contribution in [0.2, 0.25) is 0 Å². The van der Waals surface area contributed by atoms with Gasteiger partial charge in [0.2, 0.25) is 5.91 Å². The maximum atomic E-state index is 11.8. The monoisotopic (exact) mass is 228 g/mol. The molecule has 5 nitrogen and oxygen atoms in total. The Morgan fingerprint density at radius 3 is 2.31 bits per heavy atom. The normalized spacial score (nSPS) is 19.4. The fraction of sp³-hybridized carbons (Fsp3) is 0.818. The summed E-state index contributed by atoms with van der Waals surface area (Å²) in [4.78, 5) is 22.7. The van der Waals surface area contributed by atoms with E-state index in [1.165, 1.54) is 0 Å². The molecule has 1 saturated heterocycles. The van der Waals surface area contributed by atoms with Crippen molar-refractivity contribution in [3.63, 3.8) is 0 Å². The molecule has 0 spiro atoms. The van der Waals surface area contributed by atoms with E-state index in [9.17, 15) is 9.59 Å². The molecule has 3 N–H and O–H groups in total. The van der Waals surface area contributed by atoms with Gasteiger partial charge in [0.25, 0.3) is 0 Å². The largest absolute Gasteiger partial charge is 0.480 e. The lowest BCUT2D eigenvalue weighted by Crippen LogP contribution is -2.48. The molecule has 92 valence electrons. The molecule has 0 bridgehead atoms. The highest BCUT2D eigenvalue weighted by atomic mass is 16.4. The van der Waals surface area contributed by atoms with Gasteiger partial charge in [-0.15, -0.1) is 0 Å². The van der Waals surface area contributed by atoms with E-state index in [-0.39, 0.29) is 17.7 Å². The third kappa shape index (κ3) is 3.48. The number of carbonyl (C=O) groups is 2. The van der Waals surface area contributed by atoms with Gasteiger partial charge in [-0.1, -0.05) is 13.8 Å². The zero-order valence-electron chi connectivity index (χ0n) is 9.82. The Kier molecular flexibility index (Phi) is 4.73. The van der Waals surface area contributed by atoms with E-state index in [0.717, 1.165) is 25.9 Å². The van der Waals surface area contributed by atoms with Crippen LogP contribution in [0.1, 0.15) is 26.7 Å². The number of nitrogens with one attached hydrogen (secondary N) is 2. The van der Waals surface area contributed by atoms with Gasteiger partial charge in [-0.2, -0.15) is 0 Å². The summed E-state index contributed by atoms with van der Waals surface area (Å²) in [5, 5.41) is 14.8. The SMILES string of the molecule is CC(C)C(NC(=O)C1CCNCC1)C(=O)O. The van der Waals surface area contributed by atoms with Crippen LogP contribution < -0.4 is 10.6 Å². The van der Waals surface area contributed by atoms with Gasteiger partial charge in [-0.3, -0.25) is 4.79 Å². The third-order valence-electron chi connectivity index (χ3n) is 2.94. The number of amides is 1. The molecule has 5 heteroatoms. The highest BCUT2D eigenvalue weighted by Gasteiger charge is 2.27. The van der Waals surface area contributed by atoms with Gasteiger partial charge in [0, 0.05) is 5.92 Å². The molecule has 0 saturated carbocycles. The lowest BCUT2D eigenvalue weighted by atomic mass is 9.95. The second kappa shape index (κ2) is 5.84. The lowest BCUT2D eigenvalue weighted by Gasteiger charge is -2.25.